The highest BCUT2D eigenvalue weighted by molar-refractivity contribution is 5.96. The molecule has 1 rings (SSSR count). The Hall–Kier alpha value is -3.17. The van der Waals surface area contributed by atoms with Gasteiger partial charge in [-0.25, -0.2) is 19.3 Å². The summed E-state index contributed by atoms with van der Waals surface area (Å²) in [7, 11) is 1.07. The first-order valence-corrected chi connectivity index (χ1v) is 8.74. The number of nitrogens with zero attached hydrogens (tertiary/aromatic N) is 2. The van der Waals surface area contributed by atoms with Crippen LogP contribution in [-0.4, -0.2) is 46.3 Å². The van der Waals surface area contributed by atoms with Crippen molar-refractivity contribution in [3.05, 3.63) is 39.4 Å². The standard InChI is InChI=1S/C19H26N2O8/c1-18(2,3)28-16(23)20(17(24)29-19(4,5)6)11-12-9-8-10-13(21(25)26)14(12)15(22)27-7/h8-10H,11H2,1-7H3. The molecule has 2 amide bonds. The molecule has 0 aliphatic heterocycles. The van der Waals surface area contributed by atoms with Crippen molar-refractivity contribution in [3.8, 4) is 0 Å². The molecule has 0 spiro atoms. The Balaban J connectivity index is 3.44. The molecule has 0 aliphatic carbocycles. The van der Waals surface area contributed by atoms with E-state index >= 15 is 0 Å². The van der Waals surface area contributed by atoms with Crippen molar-refractivity contribution in [2.75, 3.05) is 7.11 Å². The molecule has 0 saturated heterocycles. The van der Waals surface area contributed by atoms with Crippen LogP contribution in [-0.2, 0) is 20.8 Å². The van der Waals surface area contributed by atoms with E-state index in [0.717, 1.165) is 13.2 Å². The third-order valence-corrected chi connectivity index (χ3v) is 3.27. The van der Waals surface area contributed by atoms with Crippen LogP contribution in [0.25, 0.3) is 0 Å². The van der Waals surface area contributed by atoms with Crippen LogP contribution in [0.3, 0.4) is 0 Å². The fourth-order valence-electron chi connectivity index (χ4n) is 2.22. The van der Waals surface area contributed by atoms with Gasteiger partial charge in [-0.15, -0.1) is 0 Å². The summed E-state index contributed by atoms with van der Waals surface area (Å²) in [5.74, 6) is -0.972. The third-order valence-electron chi connectivity index (χ3n) is 3.27. The maximum atomic E-state index is 12.6. The van der Waals surface area contributed by atoms with Crippen LogP contribution in [0.15, 0.2) is 18.2 Å². The minimum absolute atomic E-state index is 0.0303. The van der Waals surface area contributed by atoms with E-state index in [1.165, 1.54) is 12.1 Å². The van der Waals surface area contributed by atoms with Crippen LogP contribution in [0.4, 0.5) is 15.3 Å². The molecule has 0 unspecified atom stereocenters. The minimum Gasteiger partial charge on any atom is -0.465 e. The van der Waals surface area contributed by atoms with Crippen LogP contribution in [0.5, 0.6) is 0 Å². The van der Waals surface area contributed by atoms with Gasteiger partial charge in [-0.05, 0) is 47.1 Å². The highest BCUT2D eigenvalue weighted by atomic mass is 16.6. The molecular weight excluding hydrogens is 384 g/mol. The summed E-state index contributed by atoms with van der Waals surface area (Å²) in [5.41, 5.74) is -2.67. The second-order valence-electron chi connectivity index (χ2n) is 8.11. The van der Waals surface area contributed by atoms with Gasteiger partial charge in [0.1, 0.15) is 16.8 Å². The van der Waals surface area contributed by atoms with Gasteiger partial charge < -0.3 is 14.2 Å². The average Bonchev–Trinajstić information content (AvgIpc) is 2.55. The number of imide groups is 1. The maximum Gasteiger partial charge on any atom is 0.420 e. The second kappa shape index (κ2) is 8.89. The third kappa shape index (κ3) is 7.05. The van der Waals surface area contributed by atoms with E-state index in [-0.39, 0.29) is 11.1 Å². The van der Waals surface area contributed by atoms with Crippen LogP contribution in [0.1, 0.15) is 57.5 Å². The quantitative estimate of drug-likeness (QED) is 0.315. The van der Waals surface area contributed by atoms with Crippen molar-refractivity contribution in [3.63, 3.8) is 0 Å². The Morgan fingerprint density at radius 1 is 1.00 bits per heavy atom. The Morgan fingerprint density at radius 3 is 1.86 bits per heavy atom. The van der Waals surface area contributed by atoms with Gasteiger partial charge in [0.05, 0.1) is 18.6 Å². The van der Waals surface area contributed by atoms with E-state index < -0.39 is 46.5 Å². The Kier molecular flexibility index (Phi) is 7.32. The van der Waals surface area contributed by atoms with Crippen LogP contribution >= 0.6 is 0 Å². The monoisotopic (exact) mass is 410 g/mol. The number of benzene rings is 1. The number of hydrogen-bond acceptors (Lipinski definition) is 8. The summed E-state index contributed by atoms with van der Waals surface area (Å²) in [6, 6.07) is 3.84. The van der Waals surface area contributed by atoms with Crippen molar-refractivity contribution < 1.29 is 33.5 Å². The van der Waals surface area contributed by atoms with Gasteiger partial charge in [-0.2, -0.15) is 0 Å². The summed E-state index contributed by atoms with van der Waals surface area (Å²) >= 11 is 0. The fourth-order valence-corrected chi connectivity index (χ4v) is 2.22. The van der Waals surface area contributed by atoms with Crippen LogP contribution < -0.4 is 0 Å². The van der Waals surface area contributed by atoms with Crippen molar-refractivity contribution in [1.29, 1.82) is 0 Å². The van der Waals surface area contributed by atoms with Crippen molar-refractivity contribution in [1.82, 2.24) is 4.90 Å². The molecule has 10 nitrogen and oxygen atoms in total. The zero-order chi connectivity index (χ0) is 22.6. The smallest absolute Gasteiger partial charge is 0.420 e. The van der Waals surface area contributed by atoms with Gasteiger partial charge in [-0.1, -0.05) is 12.1 Å². The summed E-state index contributed by atoms with van der Waals surface area (Å²) in [6.07, 6.45) is -2.04. The number of hydrogen-bond donors (Lipinski definition) is 0. The number of amides is 2. The van der Waals surface area contributed by atoms with Gasteiger partial charge in [0.2, 0.25) is 0 Å². The molecule has 1 aromatic rings. The van der Waals surface area contributed by atoms with Gasteiger partial charge in [0.15, 0.2) is 0 Å². The van der Waals surface area contributed by atoms with Gasteiger partial charge in [0.25, 0.3) is 5.69 Å². The minimum atomic E-state index is -1.02. The van der Waals surface area contributed by atoms with E-state index in [0.29, 0.717) is 4.90 Å². The Labute approximate surface area is 168 Å². The van der Waals surface area contributed by atoms with E-state index in [2.05, 4.69) is 4.74 Å². The van der Waals surface area contributed by atoms with E-state index in [9.17, 15) is 24.5 Å². The zero-order valence-corrected chi connectivity index (χ0v) is 17.6. The number of nitro benzene ring substituents is 1. The molecule has 1 aromatic carbocycles. The Bertz CT molecular complexity index is 777. The van der Waals surface area contributed by atoms with Crippen LogP contribution in [0, 0.1) is 10.1 Å². The molecule has 0 atom stereocenters. The lowest BCUT2D eigenvalue weighted by Crippen LogP contribution is -2.43. The number of nitro groups is 1. The molecule has 0 aliphatic rings. The largest absolute Gasteiger partial charge is 0.465 e. The molecule has 10 heteroatoms. The SMILES string of the molecule is COC(=O)c1c(CN(C(=O)OC(C)(C)C)C(=O)OC(C)(C)C)cccc1[N+](=O)[O-]. The van der Waals surface area contributed by atoms with E-state index in [1.807, 2.05) is 0 Å². The van der Waals surface area contributed by atoms with E-state index in [4.69, 9.17) is 9.47 Å². The molecule has 0 heterocycles. The maximum absolute atomic E-state index is 12.6. The molecule has 0 N–H and O–H groups in total. The zero-order valence-electron chi connectivity index (χ0n) is 17.6. The molecule has 0 fully saturated rings. The number of ether oxygens (including phenoxy) is 3. The lowest BCUT2D eigenvalue weighted by atomic mass is 10.0. The summed E-state index contributed by atoms with van der Waals surface area (Å²) in [6.45, 7) is 9.21. The second-order valence-corrected chi connectivity index (χ2v) is 8.11. The first-order valence-electron chi connectivity index (χ1n) is 8.74. The lowest BCUT2D eigenvalue weighted by Gasteiger charge is -2.28. The molecule has 0 saturated carbocycles. The fraction of sp³-hybridized carbons (Fsp3) is 0.526. The first kappa shape index (κ1) is 23.9. The first-order chi connectivity index (χ1) is 13.2. The van der Waals surface area contributed by atoms with Crippen molar-refractivity contribution in [2.24, 2.45) is 0 Å². The van der Waals surface area contributed by atoms with Gasteiger partial charge in [0, 0.05) is 6.07 Å². The molecular formula is C19H26N2O8. The number of methoxy groups -OCH3 is 1. The number of carbonyl (C=O) groups is 3. The highest BCUT2D eigenvalue weighted by Gasteiger charge is 2.34. The summed E-state index contributed by atoms with van der Waals surface area (Å²) in [4.78, 5) is 48.6. The molecule has 160 valence electrons. The number of rotatable bonds is 4. The lowest BCUT2D eigenvalue weighted by molar-refractivity contribution is -0.385. The number of esters is 1. The predicted molar refractivity (Wildman–Crippen MR) is 102 cm³/mol. The molecule has 0 aromatic heterocycles. The van der Waals surface area contributed by atoms with Crippen molar-refractivity contribution in [2.45, 2.75) is 59.3 Å². The number of carbonyl (C=O) groups excluding carboxylic acids is 3. The predicted octanol–water partition coefficient (Wildman–Crippen LogP) is 4.05. The van der Waals surface area contributed by atoms with Crippen LogP contribution in [0.2, 0.25) is 0 Å². The normalized spacial score (nSPS) is 11.4. The summed E-state index contributed by atoms with van der Waals surface area (Å²) in [5, 5.41) is 11.3. The molecule has 0 radical (unpaired) electrons. The summed E-state index contributed by atoms with van der Waals surface area (Å²) < 4.78 is 15.1. The average molecular weight is 410 g/mol. The molecule has 29 heavy (non-hydrogen) atoms. The molecule has 0 bridgehead atoms. The Morgan fingerprint density at radius 2 is 1.48 bits per heavy atom. The van der Waals surface area contributed by atoms with Gasteiger partial charge in [-0.3, -0.25) is 10.1 Å². The highest BCUT2D eigenvalue weighted by Crippen LogP contribution is 2.26. The van der Waals surface area contributed by atoms with Gasteiger partial charge >= 0.3 is 18.2 Å². The van der Waals surface area contributed by atoms with Crippen molar-refractivity contribution >= 4 is 23.8 Å². The topological polar surface area (TPSA) is 125 Å². The van der Waals surface area contributed by atoms with E-state index in [1.54, 1.807) is 41.5 Å².